The Hall–Kier alpha value is -0.610. The van der Waals surface area contributed by atoms with Gasteiger partial charge >= 0.3 is 0 Å². The van der Waals surface area contributed by atoms with E-state index in [-0.39, 0.29) is 5.91 Å². The molecule has 0 heterocycles. The van der Waals surface area contributed by atoms with Gasteiger partial charge in [-0.3, -0.25) is 4.79 Å². The number of hydrogen-bond acceptors (Lipinski definition) is 3. The third-order valence-corrected chi connectivity index (χ3v) is 4.00. The van der Waals surface area contributed by atoms with E-state index in [2.05, 4.69) is 24.2 Å². The van der Waals surface area contributed by atoms with Crippen LogP contribution in [0.5, 0.6) is 0 Å². The summed E-state index contributed by atoms with van der Waals surface area (Å²) < 4.78 is 0. The van der Waals surface area contributed by atoms with E-state index >= 15 is 0 Å². The molecule has 0 aliphatic heterocycles. The molecule has 3 N–H and O–H groups in total. The first-order valence-electron chi connectivity index (χ1n) is 7.35. The molecule has 0 saturated heterocycles. The Morgan fingerprint density at radius 1 is 1.28 bits per heavy atom. The Labute approximate surface area is 111 Å². The third-order valence-electron chi connectivity index (χ3n) is 4.00. The fourth-order valence-electron chi connectivity index (χ4n) is 2.85. The third kappa shape index (κ3) is 5.83. The lowest BCUT2D eigenvalue weighted by molar-refractivity contribution is -0.118. The van der Waals surface area contributed by atoms with Gasteiger partial charge in [0.1, 0.15) is 0 Å². The van der Waals surface area contributed by atoms with E-state index < -0.39 is 0 Å². The highest BCUT2D eigenvalue weighted by Gasteiger charge is 2.22. The molecule has 1 aliphatic rings. The maximum absolute atomic E-state index is 10.6. The molecule has 0 aromatic heterocycles. The second-order valence-corrected chi connectivity index (χ2v) is 5.47. The number of carbonyl (C=O) groups is 1. The van der Waals surface area contributed by atoms with Gasteiger partial charge in [0.25, 0.3) is 0 Å². The van der Waals surface area contributed by atoms with Crippen LogP contribution in [0.4, 0.5) is 0 Å². The Bertz CT molecular complexity index is 237. The quantitative estimate of drug-likeness (QED) is 0.646. The van der Waals surface area contributed by atoms with Crippen molar-refractivity contribution in [3.05, 3.63) is 0 Å². The fraction of sp³-hybridized carbons (Fsp3) is 0.929. The first kappa shape index (κ1) is 15.4. The van der Waals surface area contributed by atoms with Crippen LogP contribution in [0.3, 0.4) is 0 Å². The van der Waals surface area contributed by atoms with Gasteiger partial charge in [-0.2, -0.15) is 0 Å². The molecule has 1 aliphatic carbocycles. The van der Waals surface area contributed by atoms with Crippen molar-refractivity contribution in [1.82, 2.24) is 10.2 Å². The lowest BCUT2D eigenvalue weighted by Gasteiger charge is -2.35. The minimum absolute atomic E-state index is 0.177. The van der Waals surface area contributed by atoms with Crippen molar-refractivity contribution in [2.24, 2.45) is 5.73 Å². The number of carbonyl (C=O) groups excluding carboxylic acids is 1. The van der Waals surface area contributed by atoms with Crippen molar-refractivity contribution in [3.8, 4) is 0 Å². The Kier molecular flexibility index (Phi) is 7.28. The van der Waals surface area contributed by atoms with Crippen LogP contribution in [0.25, 0.3) is 0 Å². The largest absolute Gasteiger partial charge is 0.370 e. The summed E-state index contributed by atoms with van der Waals surface area (Å²) in [6.07, 6.45) is 7.71. The van der Waals surface area contributed by atoms with Gasteiger partial charge < -0.3 is 16.0 Å². The van der Waals surface area contributed by atoms with Gasteiger partial charge in [0.05, 0.1) is 0 Å². The van der Waals surface area contributed by atoms with E-state index in [4.69, 9.17) is 5.73 Å². The maximum Gasteiger partial charge on any atom is 0.217 e. The lowest BCUT2D eigenvalue weighted by atomic mass is 9.90. The topological polar surface area (TPSA) is 58.4 Å². The molecule has 0 bridgehead atoms. The van der Waals surface area contributed by atoms with Gasteiger partial charge in [-0.1, -0.05) is 6.92 Å². The summed E-state index contributed by atoms with van der Waals surface area (Å²) in [5.74, 6) is -0.177. The summed E-state index contributed by atoms with van der Waals surface area (Å²) in [5, 5.41) is 3.54. The predicted molar refractivity (Wildman–Crippen MR) is 75.4 cm³/mol. The lowest BCUT2D eigenvalue weighted by Crippen LogP contribution is -2.41. The molecule has 0 radical (unpaired) electrons. The maximum atomic E-state index is 10.6. The van der Waals surface area contributed by atoms with E-state index in [9.17, 15) is 4.79 Å². The molecule has 0 atom stereocenters. The molecule has 1 rings (SSSR count). The molecule has 0 aromatic carbocycles. The summed E-state index contributed by atoms with van der Waals surface area (Å²) in [7, 11) is 2.21. The first-order valence-corrected chi connectivity index (χ1v) is 7.35. The molecule has 1 fully saturated rings. The van der Waals surface area contributed by atoms with Crippen LogP contribution in [0.15, 0.2) is 0 Å². The normalized spacial score (nSPS) is 24.4. The Morgan fingerprint density at radius 2 is 1.94 bits per heavy atom. The zero-order chi connectivity index (χ0) is 13.4. The van der Waals surface area contributed by atoms with Crippen molar-refractivity contribution in [2.45, 2.75) is 64.0 Å². The zero-order valence-corrected chi connectivity index (χ0v) is 12.0. The molecular formula is C14H29N3O. The number of hydrogen-bond donors (Lipinski definition) is 2. The summed E-state index contributed by atoms with van der Waals surface area (Å²) in [5.41, 5.74) is 5.14. The predicted octanol–water partition coefficient (Wildman–Crippen LogP) is 1.49. The molecule has 106 valence electrons. The van der Waals surface area contributed by atoms with E-state index in [1.165, 1.54) is 25.7 Å². The monoisotopic (exact) mass is 255 g/mol. The second kappa shape index (κ2) is 8.48. The average Bonchev–Trinajstić information content (AvgIpc) is 2.35. The Balaban J connectivity index is 2.11. The van der Waals surface area contributed by atoms with E-state index in [1.807, 2.05) is 0 Å². The van der Waals surface area contributed by atoms with E-state index in [0.29, 0.717) is 6.42 Å². The molecule has 0 spiro atoms. The molecule has 1 saturated carbocycles. The summed E-state index contributed by atoms with van der Waals surface area (Å²) in [6.45, 7) is 4.35. The van der Waals surface area contributed by atoms with Crippen LogP contribution in [0, 0.1) is 0 Å². The minimum Gasteiger partial charge on any atom is -0.370 e. The summed E-state index contributed by atoms with van der Waals surface area (Å²) in [6, 6.07) is 1.46. The van der Waals surface area contributed by atoms with Crippen molar-refractivity contribution in [2.75, 3.05) is 20.1 Å². The van der Waals surface area contributed by atoms with Crippen LogP contribution in [0.2, 0.25) is 0 Å². The summed E-state index contributed by atoms with van der Waals surface area (Å²) in [4.78, 5) is 13.1. The fourth-order valence-corrected chi connectivity index (χ4v) is 2.85. The number of nitrogens with zero attached hydrogens (tertiary/aromatic N) is 1. The van der Waals surface area contributed by atoms with Gasteiger partial charge in [-0.15, -0.1) is 0 Å². The van der Waals surface area contributed by atoms with Gasteiger partial charge in [-0.25, -0.2) is 0 Å². The van der Waals surface area contributed by atoms with Crippen LogP contribution in [-0.2, 0) is 4.79 Å². The van der Waals surface area contributed by atoms with Gasteiger partial charge in [-0.05, 0) is 58.7 Å². The highest BCUT2D eigenvalue weighted by molar-refractivity contribution is 5.73. The van der Waals surface area contributed by atoms with Crippen molar-refractivity contribution >= 4 is 5.91 Å². The average molecular weight is 255 g/mol. The summed E-state index contributed by atoms with van der Waals surface area (Å²) >= 11 is 0. The molecule has 4 nitrogen and oxygen atoms in total. The van der Waals surface area contributed by atoms with E-state index in [1.54, 1.807) is 0 Å². The first-order chi connectivity index (χ1) is 8.63. The molecule has 0 aromatic rings. The minimum atomic E-state index is -0.177. The van der Waals surface area contributed by atoms with Crippen LogP contribution >= 0.6 is 0 Å². The van der Waals surface area contributed by atoms with Gasteiger partial charge in [0.2, 0.25) is 5.91 Å². The highest BCUT2D eigenvalue weighted by Crippen LogP contribution is 2.22. The van der Waals surface area contributed by atoms with Crippen molar-refractivity contribution in [3.63, 3.8) is 0 Å². The smallest absolute Gasteiger partial charge is 0.217 e. The SMILES string of the molecule is CCNC1CCC(N(C)CCCCC(N)=O)CC1. The number of primary amides is 1. The van der Waals surface area contributed by atoms with Gasteiger partial charge in [0.15, 0.2) is 0 Å². The van der Waals surface area contributed by atoms with Crippen molar-refractivity contribution < 1.29 is 4.79 Å². The molecule has 18 heavy (non-hydrogen) atoms. The van der Waals surface area contributed by atoms with Crippen LogP contribution < -0.4 is 11.1 Å². The van der Waals surface area contributed by atoms with Crippen LogP contribution in [-0.4, -0.2) is 43.0 Å². The van der Waals surface area contributed by atoms with Crippen LogP contribution in [0.1, 0.15) is 51.9 Å². The number of nitrogens with two attached hydrogens (primary N) is 1. The van der Waals surface area contributed by atoms with Gasteiger partial charge in [0, 0.05) is 18.5 Å². The highest BCUT2D eigenvalue weighted by atomic mass is 16.1. The van der Waals surface area contributed by atoms with Crippen molar-refractivity contribution in [1.29, 1.82) is 0 Å². The second-order valence-electron chi connectivity index (χ2n) is 5.47. The molecule has 1 amide bonds. The number of amides is 1. The Morgan fingerprint density at radius 3 is 2.50 bits per heavy atom. The number of nitrogens with one attached hydrogen (secondary N) is 1. The molecule has 4 heteroatoms. The number of unbranched alkanes of at least 4 members (excludes halogenated alkanes) is 1. The van der Waals surface area contributed by atoms with E-state index in [0.717, 1.165) is 38.0 Å². The zero-order valence-electron chi connectivity index (χ0n) is 12.0. The molecule has 0 unspecified atom stereocenters. The standard InChI is InChI=1S/C14H29N3O/c1-3-16-12-7-9-13(10-8-12)17(2)11-5-4-6-14(15)18/h12-13,16H,3-11H2,1-2H3,(H2,15,18). The molecular weight excluding hydrogens is 226 g/mol. The number of rotatable bonds is 8.